The molecule has 0 aliphatic rings. The molecule has 2 N–H and O–H groups in total. The van der Waals surface area contributed by atoms with Gasteiger partial charge in [-0.2, -0.15) is 0 Å². The summed E-state index contributed by atoms with van der Waals surface area (Å²) in [4.78, 5) is 17.0. The van der Waals surface area contributed by atoms with Gasteiger partial charge in [0.15, 0.2) is 0 Å². The third-order valence-corrected chi connectivity index (χ3v) is 4.23. The topological polar surface area (TPSA) is 63.2 Å². The van der Waals surface area contributed by atoms with Crippen molar-refractivity contribution in [3.63, 3.8) is 0 Å². The fraction of sp³-hybridized carbons (Fsp3) is 0.333. The van der Waals surface area contributed by atoms with Crippen molar-refractivity contribution < 1.29 is 9.53 Å². The molecule has 0 radical (unpaired) electrons. The van der Waals surface area contributed by atoms with Crippen molar-refractivity contribution in [2.24, 2.45) is 0 Å². The number of aromatic nitrogens is 1. The Morgan fingerprint density at radius 2 is 2.09 bits per heavy atom. The first-order chi connectivity index (χ1) is 10.6. The van der Waals surface area contributed by atoms with Crippen molar-refractivity contribution in [3.8, 4) is 0 Å². The van der Waals surface area contributed by atoms with Crippen LogP contribution >= 0.6 is 22.9 Å². The number of ether oxygens (including phenoxy) is 1. The van der Waals surface area contributed by atoms with Crippen LogP contribution in [0.4, 0.5) is 4.79 Å². The zero-order chi connectivity index (χ0) is 15.9. The third-order valence-electron chi connectivity index (χ3n) is 3.07. The van der Waals surface area contributed by atoms with Gasteiger partial charge in [-0.25, -0.2) is 9.78 Å². The summed E-state index contributed by atoms with van der Waals surface area (Å²) in [5.74, 6) is 0. The summed E-state index contributed by atoms with van der Waals surface area (Å²) in [6.45, 7) is 2.78. The summed E-state index contributed by atoms with van der Waals surface area (Å²) in [7, 11) is 1.61. The number of nitrogens with zero attached hydrogens (tertiary/aromatic N) is 1. The SMILES string of the molecule is CO[C@H](CNC(=O)NCc1cnc(C)s1)c1ccc(Cl)cc1. The van der Waals surface area contributed by atoms with Crippen molar-refractivity contribution in [2.75, 3.05) is 13.7 Å². The van der Waals surface area contributed by atoms with Gasteiger partial charge in [-0.1, -0.05) is 23.7 Å². The Balaban J connectivity index is 1.79. The van der Waals surface area contributed by atoms with Crippen LogP contribution in [0.15, 0.2) is 30.5 Å². The van der Waals surface area contributed by atoms with Gasteiger partial charge >= 0.3 is 6.03 Å². The number of rotatable bonds is 6. The second-order valence-electron chi connectivity index (χ2n) is 4.69. The minimum atomic E-state index is -0.234. The minimum absolute atomic E-state index is 0.214. The fourth-order valence-corrected chi connectivity index (χ4v) is 2.78. The van der Waals surface area contributed by atoms with E-state index >= 15 is 0 Å². The Morgan fingerprint density at radius 1 is 1.36 bits per heavy atom. The third kappa shape index (κ3) is 4.98. The summed E-state index contributed by atoms with van der Waals surface area (Å²) < 4.78 is 5.40. The Kier molecular flexibility index (Phi) is 6.18. The van der Waals surface area contributed by atoms with Gasteiger partial charge < -0.3 is 15.4 Å². The first kappa shape index (κ1) is 16.7. The summed E-state index contributed by atoms with van der Waals surface area (Å²) >= 11 is 7.43. The van der Waals surface area contributed by atoms with Gasteiger partial charge in [0.05, 0.1) is 17.7 Å². The molecule has 0 saturated heterocycles. The van der Waals surface area contributed by atoms with E-state index < -0.39 is 0 Å². The zero-order valence-electron chi connectivity index (χ0n) is 12.4. The molecule has 0 spiro atoms. The van der Waals surface area contributed by atoms with E-state index in [1.54, 1.807) is 36.8 Å². The molecule has 0 aliphatic heterocycles. The number of benzene rings is 1. The van der Waals surface area contributed by atoms with Crippen LogP contribution in [0.5, 0.6) is 0 Å². The first-order valence-corrected chi connectivity index (χ1v) is 7.99. The van der Waals surface area contributed by atoms with E-state index in [0.717, 1.165) is 15.4 Å². The lowest BCUT2D eigenvalue weighted by Crippen LogP contribution is -2.37. The number of halogens is 1. The Morgan fingerprint density at radius 3 is 2.68 bits per heavy atom. The standard InChI is InChI=1S/C15H18ClN3O2S/c1-10-17-7-13(22-10)8-18-15(20)19-9-14(21-2)11-3-5-12(16)6-4-11/h3-7,14H,8-9H2,1-2H3,(H2,18,19,20)/t14-/m1/s1. The molecule has 1 heterocycles. The van der Waals surface area contributed by atoms with Crippen molar-refractivity contribution in [1.29, 1.82) is 0 Å². The van der Waals surface area contributed by atoms with Crippen LogP contribution in [0.1, 0.15) is 21.6 Å². The highest BCUT2D eigenvalue weighted by Gasteiger charge is 2.12. The van der Waals surface area contributed by atoms with Gasteiger partial charge in [-0.05, 0) is 24.6 Å². The zero-order valence-corrected chi connectivity index (χ0v) is 14.0. The molecule has 0 aliphatic carbocycles. The van der Waals surface area contributed by atoms with Crippen molar-refractivity contribution in [3.05, 3.63) is 50.9 Å². The second-order valence-corrected chi connectivity index (χ2v) is 6.44. The van der Waals surface area contributed by atoms with E-state index in [9.17, 15) is 4.79 Å². The lowest BCUT2D eigenvalue weighted by Gasteiger charge is -2.16. The average molecular weight is 340 g/mol. The van der Waals surface area contributed by atoms with E-state index in [1.165, 1.54) is 0 Å². The molecular weight excluding hydrogens is 322 g/mol. The maximum Gasteiger partial charge on any atom is 0.315 e. The Labute approximate surface area is 138 Å². The highest BCUT2D eigenvalue weighted by molar-refractivity contribution is 7.11. The van der Waals surface area contributed by atoms with Crippen molar-refractivity contribution in [1.82, 2.24) is 15.6 Å². The summed E-state index contributed by atoms with van der Waals surface area (Å²) in [5, 5.41) is 7.25. The number of amides is 2. The molecule has 2 rings (SSSR count). The van der Waals surface area contributed by atoms with Gasteiger partial charge in [0, 0.05) is 29.8 Å². The minimum Gasteiger partial charge on any atom is -0.375 e. The molecule has 2 amide bonds. The van der Waals surface area contributed by atoms with E-state index in [1.807, 2.05) is 19.1 Å². The maximum atomic E-state index is 11.8. The number of hydrogen-bond donors (Lipinski definition) is 2. The smallest absolute Gasteiger partial charge is 0.315 e. The predicted molar refractivity (Wildman–Crippen MR) is 88.3 cm³/mol. The van der Waals surface area contributed by atoms with E-state index in [-0.39, 0.29) is 12.1 Å². The van der Waals surface area contributed by atoms with E-state index in [0.29, 0.717) is 18.1 Å². The fourth-order valence-electron chi connectivity index (χ4n) is 1.92. The molecule has 5 nitrogen and oxygen atoms in total. The van der Waals surface area contributed by atoms with Crippen LogP contribution in [0.2, 0.25) is 5.02 Å². The van der Waals surface area contributed by atoms with Crippen LogP contribution in [-0.2, 0) is 11.3 Å². The molecule has 1 aromatic heterocycles. The lowest BCUT2D eigenvalue weighted by atomic mass is 10.1. The molecule has 22 heavy (non-hydrogen) atoms. The molecule has 1 atom stereocenters. The number of hydrogen-bond acceptors (Lipinski definition) is 4. The molecule has 0 fully saturated rings. The molecule has 0 bridgehead atoms. The van der Waals surface area contributed by atoms with Gasteiger partial charge in [0.2, 0.25) is 0 Å². The number of carbonyl (C=O) groups excluding carboxylic acids is 1. The maximum absolute atomic E-state index is 11.8. The molecule has 1 aromatic carbocycles. The second kappa shape index (κ2) is 8.12. The number of carbonyl (C=O) groups is 1. The molecule has 0 unspecified atom stereocenters. The number of methoxy groups -OCH3 is 1. The number of aryl methyl sites for hydroxylation is 1. The summed E-state index contributed by atoms with van der Waals surface area (Å²) in [5.41, 5.74) is 0.963. The van der Waals surface area contributed by atoms with Crippen LogP contribution < -0.4 is 10.6 Å². The summed E-state index contributed by atoms with van der Waals surface area (Å²) in [6.07, 6.45) is 1.56. The van der Waals surface area contributed by atoms with Gasteiger partial charge in [0.25, 0.3) is 0 Å². The van der Waals surface area contributed by atoms with E-state index in [4.69, 9.17) is 16.3 Å². The molecule has 0 saturated carbocycles. The average Bonchev–Trinajstić information content (AvgIpc) is 2.93. The van der Waals surface area contributed by atoms with Crippen molar-refractivity contribution in [2.45, 2.75) is 19.6 Å². The highest BCUT2D eigenvalue weighted by Crippen LogP contribution is 2.18. The predicted octanol–water partition coefficient (Wildman–Crippen LogP) is 3.29. The molecular formula is C15H18ClN3O2S. The highest BCUT2D eigenvalue weighted by atomic mass is 35.5. The van der Waals surface area contributed by atoms with Gasteiger partial charge in [-0.3, -0.25) is 0 Å². The number of nitrogens with one attached hydrogen (secondary N) is 2. The first-order valence-electron chi connectivity index (χ1n) is 6.79. The number of thiazole rings is 1. The van der Waals surface area contributed by atoms with Crippen LogP contribution in [0, 0.1) is 6.92 Å². The quantitative estimate of drug-likeness (QED) is 0.848. The van der Waals surface area contributed by atoms with Crippen LogP contribution in [0.25, 0.3) is 0 Å². The summed E-state index contributed by atoms with van der Waals surface area (Å²) in [6, 6.07) is 7.14. The largest absolute Gasteiger partial charge is 0.375 e. The molecule has 2 aromatic rings. The van der Waals surface area contributed by atoms with Gasteiger partial charge in [0.1, 0.15) is 0 Å². The molecule has 7 heteroatoms. The normalized spacial score (nSPS) is 12.0. The monoisotopic (exact) mass is 339 g/mol. The van der Waals surface area contributed by atoms with Gasteiger partial charge in [-0.15, -0.1) is 11.3 Å². The van der Waals surface area contributed by atoms with Crippen LogP contribution in [0.3, 0.4) is 0 Å². The Bertz CT molecular complexity index is 616. The number of urea groups is 1. The lowest BCUT2D eigenvalue weighted by molar-refractivity contribution is 0.104. The van der Waals surface area contributed by atoms with Crippen LogP contribution in [-0.4, -0.2) is 24.7 Å². The molecule has 118 valence electrons. The van der Waals surface area contributed by atoms with Crippen molar-refractivity contribution >= 4 is 29.0 Å². The Hall–Kier alpha value is -1.63. The van der Waals surface area contributed by atoms with E-state index in [2.05, 4.69) is 15.6 Å².